The van der Waals surface area contributed by atoms with Crippen molar-refractivity contribution in [2.24, 2.45) is 0 Å². The second-order valence-electron chi connectivity index (χ2n) is 3.71. The fraction of sp³-hybridized carbons (Fsp3) is 0.0769. The molecule has 0 aliphatic heterocycles. The third kappa shape index (κ3) is 4.13. The van der Waals surface area contributed by atoms with Gasteiger partial charge in [-0.25, -0.2) is 0 Å². The summed E-state index contributed by atoms with van der Waals surface area (Å²) in [5.74, 6) is -0.373. The molecule has 2 rings (SSSR count). The first-order valence-electron chi connectivity index (χ1n) is 5.67. The number of hydrogen-bond donors (Lipinski definition) is 2. The molecule has 6 nitrogen and oxygen atoms in total. The van der Waals surface area contributed by atoms with Crippen molar-refractivity contribution < 1.29 is 18.7 Å². The van der Waals surface area contributed by atoms with Gasteiger partial charge in [0.25, 0.3) is 5.91 Å². The van der Waals surface area contributed by atoms with Crippen molar-refractivity contribution in [3.05, 3.63) is 52.9 Å². The average molecular weight is 339 g/mol. The van der Waals surface area contributed by atoms with E-state index in [0.717, 1.165) is 0 Å². The van der Waals surface area contributed by atoms with Crippen LogP contribution in [0.5, 0.6) is 5.75 Å². The van der Waals surface area contributed by atoms with Gasteiger partial charge in [-0.1, -0.05) is 18.2 Å². The van der Waals surface area contributed by atoms with Gasteiger partial charge in [0.2, 0.25) is 0 Å². The summed E-state index contributed by atoms with van der Waals surface area (Å²) in [5.41, 5.74) is 4.44. The Bertz CT molecular complexity index is 597. The van der Waals surface area contributed by atoms with Crippen LogP contribution in [0.4, 0.5) is 0 Å². The number of furan rings is 1. The maximum atomic E-state index is 11.6. The highest BCUT2D eigenvalue weighted by Crippen LogP contribution is 2.13. The summed E-state index contributed by atoms with van der Waals surface area (Å²) >= 11 is 3.08. The van der Waals surface area contributed by atoms with E-state index in [1.54, 1.807) is 30.3 Å². The Morgan fingerprint density at radius 2 is 1.85 bits per heavy atom. The first-order chi connectivity index (χ1) is 9.65. The van der Waals surface area contributed by atoms with Crippen LogP contribution in [-0.4, -0.2) is 18.4 Å². The monoisotopic (exact) mass is 338 g/mol. The van der Waals surface area contributed by atoms with E-state index < -0.39 is 11.8 Å². The minimum absolute atomic E-state index is 0.0844. The number of para-hydroxylation sites is 1. The highest BCUT2D eigenvalue weighted by molar-refractivity contribution is 9.10. The Labute approximate surface area is 123 Å². The first-order valence-corrected chi connectivity index (χ1v) is 6.47. The van der Waals surface area contributed by atoms with Gasteiger partial charge in [0.15, 0.2) is 17.0 Å². The molecule has 0 radical (unpaired) electrons. The van der Waals surface area contributed by atoms with Crippen molar-refractivity contribution in [1.82, 2.24) is 10.9 Å². The number of rotatable bonds is 4. The standard InChI is InChI=1S/C13H11BrN2O4/c14-11-7-6-10(20-11)13(18)16-15-12(17)8-19-9-4-2-1-3-5-9/h1-7H,8H2,(H,15,17)(H,16,18). The van der Waals surface area contributed by atoms with E-state index in [0.29, 0.717) is 10.4 Å². The number of hydrogen-bond acceptors (Lipinski definition) is 4. The number of carbonyl (C=O) groups is 2. The minimum atomic E-state index is -0.552. The Hall–Kier alpha value is -2.28. The minimum Gasteiger partial charge on any atom is -0.484 e. The molecule has 0 bridgehead atoms. The summed E-state index contributed by atoms with van der Waals surface area (Å²) in [6.07, 6.45) is 0. The van der Waals surface area contributed by atoms with Crippen LogP contribution in [-0.2, 0) is 4.79 Å². The molecule has 1 aromatic carbocycles. The van der Waals surface area contributed by atoms with Crippen LogP contribution in [0.3, 0.4) is 0 Å². The molecule has 2 amide bonds. The maximum absolute atomic E-state index is 11.6. The molecule has 0 aliphatic rings. The van der Waals surface area contributed by atoms with Gasteiger partial charge in [-0.15, -0.1) is 0 Å². The van der Waals surface area contributed by atoms with Crippen LogP contribution >= 0.6 is 15.9 Å². The molecular weight excluding hydrogens is 328 g/mol. The molecule has 0 saturated heterocycles. The lowest BCUT2D eigenvalue weighted by Gasteiger charge is -2.07. The summed E-state index contributed by atoms with van der Waals surface area (Å²) in [6.45, 7) is -0.202. The van der Waals surface area contributed by atoms with Crippen molar-refractivity contribution in [3.8, 4) is 5.75 Å². The van der Waals surface area contributed by atoms with Gasteiger partial charge in [-0.2, -0.15) is 0 Å². The molecule has 7 heteroatoms. The zero-order valence-corrected chi connectivity index (χ0v) is 11.8. The summed E-state index contributed by atoms with van der Waals surface area (Å²) in [6, 6.07) is 11.9. The van der Waals surface area contributed by atoms with Gasteiger partial charge >= 0.3 is 5.91 Å². The number of hydrazine groups is 1. The van der Waals surface area contributed by atoms with Crippen molar-refractivity contribution in [1.29, 1.82) is 0 Å². The molecule has 2 N–H and O–H groups in total. The third-order valence-electron chi connectivity index (χ3n) is 2.23. The average Bonchev–Trinajstić information content (AvgIpc) is 2.90. The number of carbonyl (C=O) groups excluding carboxylic acids is 2. The molecule has 0 spiro atoms. The van der Waals surface area contributed by atoms with Crippen molar-refractivity contribution in [3.63, 3.8) is 0 Å². The largest absolute Gasteiger partial charge is 0.484 e. The van der Waals surface area contributed by atoms with E-state index in [1.165, 1.54) is 6.07 Å². The predicted molar refractivity (Wildman–Crippen MR) is 74.0 cm³/mol. The van der Waals surface area contributed by atoms with Crippen molar-refractivity contribution >= 4 is 27.7 Å². The molecule has 20 heavy (non-hydrogen) atoms. The Morgan fingerprint density at radius 1 is 1.10 bits per heavy atom. The summed E-state index contributed by atoms with van der Waals surface area (Å²) in [7, 11) is 0. The zero-order chi connectivity index (χ0) is 14.4. The molecule has 0 aliphatic carbocycles. The lowest BCUT2D eigenvalue weighted by Crippen LogP contribution is -2.43. The van der Waals surface area contributed by atoms with Gasteiger partial charge in [-0.3, -0.25) is 20.4 Å². The van der Waals surface area contributed by atoms with Gasteiger partial charge < -0.3 is 9.15 Å². The number of benzene rings is 1. The van der Waals surface area contributed by atoms with E-state index >= 15 is 0 Å². The van der Waals surface area contributed by atoms with Gasteiger partial charge in [-0.05, 0) is 40.2 Å². The van der Waals surface area contributed by atoms with Crippen LogP contribution < -0.4 is 15.6 Å². The first kappa shape index (κ1) is 14.1. The molecule has 104 valence electrons. The third-order valence-corrected chi connectivity index (χ3v) is 2.65. The lowest BCUT2D eigenvalue weighted by atomic mass is 10.3. The fourth-order valence-corrected chi connectivity index (χ4v) is 1.63. The van der Waals surface area contributed by atoms with E-state index in [-0.39, 0.29) is 12.4 Å². The molecule has 1 heterocycles. The smallest absolute Gasteiger partial charge is 0.305 e. The zero-order valence-electron chi connectivity index (χ0n) is 10.3. The second-order valence-corrected chi connectivity index (χ2v) is 4.49. The van der Waals surface area contributed by atoms with E-state index in [4.69, 9.17) is 9.15 Å². The predicted octanol–water partition coefficient (Wildman–Crippen LogP) is 1.88. The van der Waals surface area contributed by atoms with Crippen LogP contribution in [0, 0.1) is 0 Å². The summed E-state index contributed by atoms with van der Waals surface area (Å²) < 4.78 is 10.7. The number of amides is 2. The summed E-state index contributed by atoms with van der Waals surface area (Å²) in [4.78, 5) is 23.0. The van der Waals surface area contributed by atoms with Crippen LogP contribution in [0.25, 0.3) is 0 Å². The van der Waals surface area contributed by atoms with E-state index in [1.807, 2.05) is 6.07 Å². The van der Waals surface area contributed by atoms with E-state index in [9.17, 15) is 9.59 Å². The van der Waals surface area contributed by atoms with Gasteiger partial charge in [0, 0.05) is 0 Å². The number of halogens is 1. The second kappa shape index (κ2) is 6.76. The van der Waals surface area contributed by atoms with E-state index in [2.05, 4.69) is 26.8 Å². The molecule has 0 atom stereocenters. The lowest BCUT2D eigenvalue weighted by molar-refractivity contribution is -0.123. The van der Waals surface area contributed by atoms with Crippen LogP contribution in [0.2, 0.25) is 0 Å². The van der Waals surface area contributed by atoms with Crippen molar-refractivity contribution in [2.45, 2.75) is 0 Å². The Kier molecular flexibility index (Phi) is 4.78. The SMILES string of the molecule is O=C(COc1ccccc1)NNC(=O)c1ccc(Br)o1. The molecule has 0 unspecified atom stereocenters. The maximum Gasteiger partial charge on any atom is 0.305 e. The molecular formula is C13H11BrN2O4. The fourth-order valence-electron chi connectivity index (χ4n) is 1.33. The molecule has 0 saturated carbocycles. The molecule has 1 aromatic heterocycles. The highest BCUT2D eigenvalue weighted by atomic mass is 79.9. The molecule has 0 fully saturated rings. The number of nitrogens with one attached hydrogen (secondary N) is 2. The summed E-state index contributed by atoms with van der Waals surface area (Å²) in [5, 5.41) is 0. The van der Waals surface area contributed by atoms with Crippen molar-refractivity contribution in [2.75, 3.05) is 6.61 Å². The topological polar surface area (TPSA) is 80.6 Å². The quantitative estimate of drug-likeness (QED) is 0.834. The van der Waals surface area contributed by atoms with Gasteiger partial charge in [0.05, 0.1) is 0 Å². The molecule has 2 aromatic rings. The van der Waals surface area contributed by atoms with Crippen LogP contribution in [0.15, 0.2) is 51.6 Å². The Morgan fingerprint density at radius 3 is 2.50 bits per heavy atom. The Balaban J connectivity index is 1.74. The van der Waals surface area contributed by atoms with Crippen LogP contribution in [0.1, 0.15) is 10.6 Å². The normalized spacial score (nSPS) is 9.85. The number of ether oxygens (including phenoxy) is 1. The van der Waals surface area contributed by atoms with Gasteiger partial charge in [0.1, 0.15) is 5.75 Å². The highest BCUT2D eigenvalue weighted by Gasteiger charge is 2.11.